The standard InChI is InChI=1S/C14H19ClN2O2/c15-12-6-2-1-5-11(12)13(18)9-16-10-14(19)17-7-3-4-8-17/h1-2,5-6,13,16,18H,3-4,7-10H2. The quantitative estimate of drug-likeness (QED) is 0.862. The molecule has 1 atom stereocenters. The minimum Gasteiger partial charge on any atom is -0.387 e. The first kappa shape index (κ1) is 14.3. The second kappa shape index (κ2) is 6.89. The first-order valence-corrected chi connectivity index (χ1v) is 6.97. The number of aliphatic hydroxyl groups excluding tert-OH is 1. The average molecular weight is 283 g/mol. The Kier molecular flexibility index (Phi) is 5.19. The lowest BCUT2D eigenvalue weighted by Gasteiger charge is -2.17. The fourth-order valence-electron chi connectivity index (χ4n) is 2.25. The van der Waals surface area contributed by atoms with Crippen molar-refractivity contribution in [3.05, 3.63) is 34.9 Å². The molecule has 0 aromatic heterocycles. The minimum atomic E-state index is -0.694. The summed E-state index contributed by atoms with van der Waals surface area (Å²) in [5, 5.41) is 13.5. The summed E-state index contributed by atoms with van der Waals surface area (Å²) in [5.74, 6) is 0.101. The van der Waals surface area contributed by atoms with E-state index in [1.807, 2.05) is 17.0 Å². The van der Waals surface area contributed by atoms with E-state index in [0.29, 0.717) is 17.1 Å². The minimum absolute atomic E-state index is 0.101. The summed E-state index contributed by atoms with van der Waals surface area (Å²) in [4.78, 5) is 13.6. The molecule has 1 heterocycles. The number of nitrogens with one attached hydrogen (secondary N) is 1. The molecule has 1 aliphatic rings. The van der Waals surface area contributed by atoms with Crippen LogP contribution in [0.4, 0.5) is 0 Å². The molecule has 0 radical (unpaired) electrons. The van der Waals surface area contributed by atoms with Crippen LogP contribution in [0.25, 0.3) is 0 Å². The molecule has 104 valence electrons. The molecule has 0 spiro atoms. The topological polar surface area (TPSA) is 52.6 Å². The van der Waals surface area contributed by atoms with Crippen LogP contribution in [0.5, 0.6) is 0 Å². The maximum absolute atomic E-state index is 11.8. The van der Waals surface area contributed by atoms with E-state index in [-0.39, 0.29) is 12.5 Å². The smallest absolute Gasteiger partial charge is 0.236 e. The number of carbonyl (C=O) groups excluding carboxylic acids is 1. The number of nitrogens with zero attached hydrogens (tertiary/aromatic N) is 1. The second-order valence-corrected chi connectivity index (χ2v) is 5.16. The van der Waals surface area contributed by atoms with Gasteiger partial charge in [-0.3, -0.25) is 4.79 Å². The molecule has 5 heteroatoms. The third kappa shape index (κ3) is 3.93. The van der Waals surface area contributed by atoms with Gasteiger partial charge in [-0.2, -0.15) is 0 Å². The maximum atomic E-state index is 11.8. The Hall–Kier alpha value is -1.10. The van der Waals surface area contributed by atoms with E-state index in [9.17, 15) is 9.90 Å². The SMILES string of the molecule is O=C(CNCC(O)c1ccccc1Cl)N1CCCC1. The first-order chi connectivity index (χ1) is 9.18. The number of likely N-dealkylation sites (tertiary alicyclic amines) is 1. The van der Waals surface area contributed by atoms with Crippen molar-refractivity contribution in [2.75, 3.05) is 26.2 Å². The molecular formula is C14H19ClN2O2. The molecule has 19 heavy (non-hydrogen) atoms. The zero-order valence-corrected chi connectivity index (χ0v) is 11.6. The lowest BCUT2D eigenvalue weighted by molar-refractivity contribution is -0.129. The van der Waals surface area contributed by atoms with Gasteiger partial charge in [0.25, 0.3) is 0 Å². The monoisotopic (exact) mass is 282 g/mol. The Labute approximate surface area is 118 Å². The largest absolute Gasteiger partial charge is 0.387 e. The normalized spacial score (nSPS) is 16.6. The fraction of sp³-hybridized carbons (Fsp3) is 0.500. The number of hydrogen-bond donors (Lipinski definition) is 2. The zero-order valence-electron chi connectivity index (χ0n) is 10.8. The Morgan fingerprint density at radius 1 is 1.37 bits per heavy atom. The van der Waals surface area contributed by atoms with Gasteiger partial charge in [-0.05, 0) is 18.9 Å². The summed E-state index contributed by atoms with van der Waals surface area (Å²) < 4.78 is 0. The van der Waals surface area contributed by atoms with Gasteiger partial charge in [0.2, 0.25) is 5.91 Å². The van der Waals surface area contributed by atoms with Crippen molar-refractivity contribution in [2.24, 2.45) is 0 Å². The Morgan fingerprint density at radius 2 is 2.05 bits per heavy atom. The van der Waals surface area contributed by atoms with Crippen LogP contribution in [-0.2, 0) is 4.79 Å². The van der Waals surface area contributed by atoms with Crippen molar-refractivity contribution in [3.8, 4) is 0 Å². The van der Waals surface area contributed by atoms with E-state index in [4.69, 9.17) is 11.6 Å². The molecule has 0 saturated carbocycles. The number of carbonyl (C=O) groups is 1. The molecule has 1 aromatic carbocycles. The van der Waals surface area contributed by atoms with E-state index in [1.54, 1.807) is 12.1 Å². The molecule has 2 rings (SSSR count). The molecule has 2 N–H and O–H groups in total. The van der Waals surface area contributed by atoms with E-state index in [2.05, 4.69) is 5.32 Å². The van der Waals surface area contributed by atoms with Crippen LogP contribution in [-0.4, -0.2) is 42.1 Å². The van der Waals surface area contributed by atoms with Gasteiger partial charge >= 0.3 is 0 Å². The van der Waals surface area contributed by atoms with Crippen LogP contribution in [0.15, 0.2) is 24.3 Å². The summed E-state index contributed by atoms with van der Waals surface area (Å²) >= 11 is 6.00. The van der Waals surface area contributed by atoms with Gasteiger partial charge in [0.1, 0.15) is 0 Å². The van der Waals surface area contributed by atoms with Crippen molar-refractivity contribution in [2.45, 2.75) is 18.9 Å². The van der Waals surface area contributed by atoms with Crippen LogP contribution >= 0.6 is 11.6 Å². The molecule has 1 aliphatic heterocycles. The number of aliphatic hydroxyl groups is 1. The molecule has 4 nitrogen and oxygen atoms in total. The maximum Gasteiger partial charge on any atom is 0.236 e. The number of benzene rings is 1. The summed E-state index contributed by atoms with van der Waals surface area (Å²) in [6, 6.07) is 7.19. The highest BCUT2D eigenvalue weighted by atomic mass is 35.5. The predicted octanol–water partition coefficient (Wildman–Crippen LogP) is 1.59. The van der Waals surface area contributed by atoms with E-state index >= 15 is 0 Å². The van der Waals surface area contributed by atoms with Crippen molar-refractivity contribution in [1.29, 1.82) is 0 Å². The van der Waals surface area contributed by atoms with Gasteiger partial charge in [-0.1, -0.05) is 29.8 Å². The summed E-state index contributed by atoms with van der Waals surface area (Å²) in [5.41, 5.74) is 0.685. The third-order valence-corrected chi connectivity index (χ3v) is 3.68. The second-order valence-electron chi connectivity index (χ2n) is 4.76. The lowest BCUT2D eigenvalue weighted by Crippen LogP contribution is -2.37. The number of amides is 1. The predicted molar refractivity (Wildman–Crippen MR) is 75.1 cm³/mol. The number of halogens is 1. The van der Waals surface area contributed by atoms with Gasteiger partial charge in [0.05, 0.1) is 12.6 Å². The molecule has 0 aliphatic carbocycles. The Bertz CT molecular complexity index is 433. The van der Waals surface area contributed by atoms with E-state index in [1.165, 1.54) is 0 Å². The Morgan fingerprint density at radius 3 is 2.74 bits per heavy atom. The van der Waals surface area contributed by atoms with Crippen molar-refractivity contribution in [3.63, 3.8) is 0 Å². The molecular weight excluding hydrogens is 264 g/mol. The highest BCUT2D eigenvalue weighted by Gasteiger charge is 2.18. The highest BCUT2D eigenvalue weighted by molar-refractivity contribution is 6.31. The molecule has 1 aromatic rings. The average Bonchev–Trinajstić information content (AvgIpc) is 2.93. The summed E-state index contributed by atoms with van der Waals surface area (Å²) in [6.07, 6.45) is 1.49. The van der Waals surface area contributed by atoms with Gasteiger partial charge in [-0.15, -0.1) is 0 Å². The van der Waals surface area contributed by atoms with Crippen LogP contribution in [0.1, 0.15) is 24.5 Å². The van der Waals surface area contributed by atoms with Gasteiger partial charge in [-0.25, -0.2) is 0 Å². The van der Waals surface area contributed by atoms with Crippen molar-refractivity contribution in [1.82, 2.24) is 10.2 Å². The first-order valence-electron chi connectivity index (χ1n) is 6.59. The highest BCUT2D eigenvalue weighted by Crippen LogP contribution is 2.21. The van der Waals surface area contributed by atoms with Gasteiger partial charge in [0.15, 0.2) is 0 Å². The molecule has 0 bridgehead atoms. The number of hydrogen-bond acceptors (Lipinski definition) is 3. The lowest BCUT2D eigenvalue weighted by atomic mass is 10.1. The van der Waals surface area contributed by atoms with E-state index in [0.717, 1.165) is 25.9 Å². The zero-order chi connectivity index (χ0) is 13.7. The fourth-order valence-corrected chi connectivity index (χ4v) is 2.51. The van der Waals surface area contributed by atoms with Crippen molar-refractivity contribution < 1.29 is 9.90 Å². The van der Waals surface area contributed by atoms with Crippen molar-refractivity contribution >= 4 is 17.5 Å². The van der Waals surface area contributed by atoms with Crippen LogP contribution in [0, 0.1) is 0 Å². The van der Waals surface area contributed by atoms with E-state index < -0.39 is 6.10 Å². The molecule has 1 fully saturated rings. The van der Waals surface area contributed by atoms with Gasteiger partial charge in [0, 0.05) is 30.2 Å². The molecule has 1 amide bonds. The van der Waals surface area contributed by atoms with Crippen LogP contribution < -0.4 is 5.32 Å². The summed E-state index contributed by atoms with van der Waals surface area (Å²) in [6.45, 7) is 2.30. The van der Waals surface area contributed by atoms with Crippen LogP contribution in [0.3, 0.4) is 0 Å². The van der Waals surface area contributed by atoms with Gasteiger partial charge < -0.3 is 15.3 Å². The molecule has 1 unspecified atom stereocenters. The summed E-state index contributed by atoms with van der Waals surface area (Å²) in [7, 11) is 0. The Balaban J connectivity index is 1.76. The number of rotatable bonds is 5. The van der Waals surface area contributed by atoms with Crippen LogP contribution in [0.2, 0.25) is 5.02 Å². The third-order valence-electron chi connectivity index (χ3n) is 3.34. The molecule has 1 saturated heterocycles.